The van der Waals surface area contributed by atoms with Gasteiger partial charge in [0.1, 0.15) is 17.3 Å². The second-order valence-corrected chi connectivity index (χ2v) is 8.21. The molecule has 1 unspecified atom stereocenters. The van der Waals surface area contributed by atoms with Crippen molar-refractivity contribution in [1.82, 2.24) is 0 Å². The molecule has 6 rings (SSSR count). The van der Waals surface area contributed by atoms with Gasteiger partial charge in [-0.3, -0.25) is 4.79 Å². The average molecular weight is 431 g/mol. The number of carbonyl (C=O) groups is 1. The number of fused-ring (bicyclic) bond motifs is 4. The van der Waals surface area contributed by atoms with E-state index in [2.05, 4.69) is 12.1 Å². The summed E-state index contributed by atoms with van der Waals surface area (Å²) < 4.78 is 5.37. The van der Waals surface area contributed by atoms with Gasteiger partial charge in [-0.05, 0) is 41.0 Å². The van der Waals surface area contributed by atoms with Crippen LogP contribution in [0.25, 0.3) is 0 Å². The third-order valence-corrected chi connectivity index (χ3v) is 6.58. The predicted molar refractivity (Wildman–Crippen MR) is 127 cm³/mol. The van der Waals surface area contributed by atoms with E-state index in [4.69, 9.17) is 15.1 Å². The molecule has 0 N–H and O–H groups in total. The lowest BCUT2D eigenvalue weighted by atomic mass is 9.66. The molecule has 0 saturated heterocycles. The number of nitrogens with zero attached hydrogens (tertiary/aromatic N) is 3. The summed E-state index contributed by atoms with van der Waals surface area (Å²) in [5, 5.41) is 11.5. The van der Waals surface area contributed by atoms with Gasteiger partial charge in [-0.15, -0.1) is 0 Å². The van der Waals surface area contributed by atoms with Crippen LogP contribution in [0.15, 0.2) is 113 Å². The van der Waals surface area contributed by atoms with Gasteiger partial charge in [0.15, 0.2) is 5.78 Å². The quantitative estimate of drug-likeness (QED) is 0.393. The van der Waals surface area contributed by atoms with Gasteiger partial charge in [-0.2, -0.15) is 5.11 Å². The van der Waals surface area contributed by atoms with Crippen LogP contribution in [0.1, 0.15) is 38.7 Å². The van der Waals surface area contributed by atoms with E-state index in [1.807, 2.05) is 96.0 Å². The molecule has 1 heterocycles. The van der Waals surface area contributed by atoms with Gasteiger partial charge in [0.2, 0.25) is 0 Å². The van der Waals surface area contributed by atoms with E-state index in [1.165, 1.54) is 0 Å². The number of hydrogen-bond donors (Lipinski definition) is 0. The van der Waals surface area contributed by atoms with Gasteiger partial charge in [-0.1, -0.05) is 84.1 Å². The van der Waals surface area contributed by atoms with Crippen LogP contribution in [0.4, 0.5) is 5.69 Å². The maximum Gasteiger partial charge on any atom is 0.193 e. The Morgan fingerprint density at radius 3 is 1.94 bits per heavy atom. The molecule has 5 heteroatoms. The lowest BCUT2D eigenvalue weighted by Gasteiger charge is -2.44. The monoisotopic (exact) mass is 431 g/mol. The van der Waals surface area contributed by atoms with Crippen molar-refractivity contribution in [2.45, 2.75) is 11.6 Å². The second kappa shape index (κ2) is 7.41. The third-order valence-electron chi connectivity index (χ3n) is 6.58. The summed E-state index contributed by atoms with van der Waals surface area (Å²) in [6, 6.07) is 33.3. The number of methoxy groups -OCH3 is 1. The fourth-order valence-corrected chi connectivity index (χ4v) is 5.14. The zero-order chi connectivity index (χ0) is 22.4. The molecule has 0 amide bonds. The van der Waals surface area contributed by atoms with Gasteiger partial charge < -0.3 is 4.74 Å². The Bertz CT molecular complexity index is 1330. The first kappa shape index (κ1) is 19.4. The Morgan fingerprint density at radius 2 is 1.33 bits per heavy atom. The normalized spacial score (nSPS) is 17.7. The molecule has 1 atom stereocenters. The number of ether oxygens (including phenoxy) is 1. The lowest BCUT2D eigenvalue weighted by Crippen LogP contribution is -2.49. The Hall–Kier alpha value is -4.25. The SMILES string of the molecule is COc1ccc(N2N=NC(c3ccccc3)C23c2ccccc2C(=O)c2ccccc23)cc1. The molecule has 160 valence electrons. The molecule has 0 aromatic heterocycles. The van der Waals surface area contributed by atoms with Crippen molar-refractivity contribution in [2.24, 2.45) is 10.3 Å². The fraction of sp³-hybridized carbons (Fsp3) is 0.107. The van der Waals surface area contributed by atoms with Crippen LogP contribution in [0.5, 0.6) is 5.75 Å². The van der Waals surface area contributed by atoms with E-state index in [9.17, 15) is 4.79 Å². The Balaban J connectivity index is 1.69. The fourth-order valence-electron chi connectivity index (χ4n) is 5.14. The van der Waals surface area contributed by atoms with E-state index < -0.39 is 5.54 Å². The van der Waals surface area contributed by atoms with E-state index in [0.29, 0.717) is 11.1 Å². The van der Waals surface area contributed by atoms with E-state index in [0.717, 1.165) is 28.1 Å². The van der Waals surface area contributed by atoms with Gasteiger partial charge in [0, 0.05) is 11.1 Å². The molecule has 2 aliphatic rings. The van der Waals surface area contributed by atoms with E-state index >= 15 is 0 Å². The first-order valence-electron chi connectivity index (χ1n) is 10.9. The highest BCUT2D eigenvalue weighted by molar-refractivity contribution is 6.13. The summed E-state index contributed by atoms with van der Waals surface area (Å²) in [6.45, 7) is 0. The van der Waals surface area contributed by atoms with Crippen molar-refractivity contribution in [1.29, 1.82) is 0 Å². The molecule has 0 fully saturated rings. The number of carbonyl (C=O) groups excluding carboxylic acids is 1. The molecule has 0 radical (unpaired) electrons. The van der Waals surface area contributed by atoms with Crippen molar-refractivity contribution < 1.29 is 9.53 Å². The second-order valence-electron chi connectivity index (χ2n) is 8.21. The maximum atomic E-state index is 13.5. The van der Waals surface area contributed by atoms with Crippen molar-refractivity contribution >= 4 is 11.5 Å². The number of ketones is 1. The Kier molecular flexibility index (Phi) is 4.37. The minimum atomic E-state index is -0.808. The van der Waals surface area contributed by atoms with Crippen LogP contribution in [0.2, 0.25) is 0 Å². The molecule has 33 heavy (non-hydrogen) atoms. The Labute approximate surface area is 192 Å². The zero-order valence-corrected chi connectivity index (χ0v) is 18.1. The van der Waals surface area contributed by atoms with Crippen molar-refractivity contribution in [3.05, 3.63) is 131 Å². The molecule has 1 spiro atoms. The summed E-state index contributed by atoms with van der Waals surface area (Å²) in [6.07, 6.45) is 0. The van der Waals surface area contributed by atoms with Crippen LogP contribution in [0, 0.1) is 0 Å². The highest BCUT2D eigenvalue weighted by Crippen LogP contribution is 2.57. The van der Waals surface area contributed by atoms with Crippen LogP contribution in [-0.4, -0.2) is 12.9 Å². The molecular weight excluding hydrogens is 410 g/mol. The summed E-state index contributed by atoms with van der Waals surface area (Å²) in [4.78, 5) is 13.5. The van der Waals surface area contributed by atoms with Crippen LogP contribution < -0.4 is 9.75 Å². The summed E-state index contributed by atoms with van der Waals surface area (Å²) in [5.41, 5.74) is 4.28. The first-order chi connectivity index (χ1) is 16.2. The number of anilines is 1. The van der Waals surface area contributed by atoms with Crippen molar-refractivity contribution in [2.75, 3.05) is 12.1 Å². The minimum Gasteiger partial charge on any atom is -0.497 e. The number of benzene rings is 4. The summed E-state index contributed by atoms with van der Waals surface area (Å²) >= 11 is 0. The van der Waals surface area contributed by atoms with E-state index in [1.54, 1.807) is 7.11 Å². The maximum absolute atomic E-state index is 13.5. The average Bonchev–Trinajstić information content (AvgIpc) is 3.29. The molecule has 0 saturated carbocycles. The smallest absolute Gasteiger partial charge is 0.193 e. The van der Waals surface area contributed by atoms with Crippen LogP contribution in [-0.2, 0) is 5.54 Å². The molecule has 5 nitrogen and oxygen atoms in total. The summed E-state index contributed by atoms with van der Waals surface area (Å²) in [7, 11) is 1.65. The van der Waals surface area contributed by atoms with E-state index in [-0.39, 0.29) is 11.8 Å². The van der Waals surface area contributed by atoms with Gasteiger partial charge >= 0.3 is 0 Å². The molecule has 1 aliphatic heterocycles. The largest absolute Gasteiger partial charge is 0.497 e. The minimum absolute atomic E-state index is 0.0280. The highest BCUT2D eigenvalue weighted by atomic mass is 16.5. The number of hydrogen-bond acceptors (Lipinski definition) is 5. The molecular formula is C28H21N3O2. The van der Waals surface area contributed by atoms with Gasteiger partial charge in [0.25, 0.3) is 0 Å². The van der Waals surface area contributed by atoms with Crippen LogP contribution in [0.3, 0.4) is 0 Å². The van der Waals surface area contributed by atoms with Crippen LogP contribution >= 0.6 is 0 Å². The molecule has 4 aromatic carbocycles. The standard InChI is InChI=1S/C28H21N3O2/c1-33-21-17-15-20(16-18-21)31-28(27(29-30-31)19-9-3-2-4-10-19)24-13-7-5-11-22(24)26(32)23-12-6-8-14-25(23)28/h2-18,27H,1H3. The van der Waals surface area contributed by atoms with Gasteiger partial charge in [-0.25, -0.2) is 5.01 Å². The Morgan fingerprint density at radius 1 is 0.758 bits per heavy atom. The molecule has 0 bridgehead atoms. The zero-order valence-electron chi connectivity index (χ0n) is 18.1. The topological polar surface area (TPSA) is 54.3 Å². The van der Waals surface area contributed by atoms with Crippen molar-refractivity contribution in [3.63, 3.8) is 0 Å². The summed E-state index contributed by atoms with van der Waals surface area (Å²) in [5.74, 6) is 0.795. The molecule has 4 aromatic rings. The predicted octanol–water partition coefficient (Wildman–Crippen LogP) is 6.11. The number of rotatable bonds is 3. The lowest BCUT2D eigenvalue weighted by molar-refractivity contribution is 0.102. The van der Waals surface area contributed by atoms with Gasteiger partial charge in [0.05, 0.1) is 12.8 Å². The third kappa shape index (κ3) is 2.69. The molecule has 1 aliphatic carbocycles. The highest BCUT2D eigenvalue weighted by Gasteiger charge is 2.57. The van der Waals surface area contributed by atoms with Crippen molar-refractivity contribution in [3.8, 4) is 5.75 Å². The first-order valence-corrected chi connectivity index (χ1v) is 10.9.